The standard InChI is InChI=1S/C11H17F3O4/c1-7(2)8(15)18-9(3)4-5-17-10(16,6-9)11(12,13)14/h8,15-16H,1,4-6H2,2-3H3. The zero-order valence-corrected chi connectivity index (χ0v) is 10.3. The van der Waals surface area contributed by atoms with Crippen LogP contribution in [0.15, 0.2) is 12.2 Å². The third-order valence-electron chi connectivity index (χ3n) is 2.85. The van der Waals surface area contributed by atoms with E-state index < -0.39 is 30.3 Å². The maximum Gasteiger partial charge on any atom is 0.443 e. The highest BCUT2D eigenvalue weighted by Gasteiger charge is 2.60. The lowest BCUT2D eigenvalue weighted by Gasteiger charge is -2.44. The minimum absolute atomic E-state index is 0.135. The molecule has 1 fully saturated rings. The van der Waals surface area contributed by atoms with E-state index in [1.54, 1.807) is 0 Å². The predicted octanol–water partition coefficient (Wildman–Crippen LogP) is 1.72. The molecule has 3 atom stereocenters. The molecule has 0 saturated carbocycles. The van der Waals surface area contributed by atoms with Crippen LogP contribution in [0.1, 0.15) is 26.7 Å². The fourth-order valence-corrected chi connectivity index (χ4v) is 1.73. The molecular formula is C11H17F3O4. The van der Waals surface area contributed by atoms with Gasteiger partial charge in [0.2, 0.25) is 0 Å². The summed E-state index contributed by atoms with van der Waals surface area (Å²) in [5.41, 5.74) is -1.06. The first kappa shape index (κ1) is 15.4. The lowest BCUT2D eigenvalue weighted by atomic mass is 9.89. The Morgan fingerprint density at radius 1 is 1.50 bits per heavy atom. The fraction of sp³-hybridized carbons (Fsp3) is 0.818. The van der Waals surface area contributed by atoms with Gasteiger partial charge < -0.3 is 19.7 Å². The van der Waals surface area contributed by atoms with Gasteiger partial charge in [-0.05, 0) is 25.8 Å². The Morgan fingerprint density at radius 2 is 2.06 bits per heavy atom. The largest absolute Gasteiger partial charge is 0.443 e. The second-order valence-electron chi connectivity index (χ2n) is 4.82. The van der Waals surface area contributed by atoms with Crippen molar-refractivity contribution in [2.75, 3.05) is 6.61 Å². The van der Waals surface area contributed by atoms with Crippen molar-refractivity contribution >= 4 is 0 Å². The predicted molar refractivity (Wildman–Crippen MR) is 56.5 cm³/mol. The molecule has 1 aliphatic rings. The first-order valence-corrected chi connectivity index (χ1v) is 5.43. The Hall–Kier alpha value is -0.630. The number of aliphatic hydroxyl groups is 2. The molecule has 1 saturated heterocycles. The van der Waals surface area contributed by atoms with Gasteiger partial charge in [-0.15, -0.1) is 0 Å². The summed E-state index contributed by atoms with van der Waals surface area (Å²) < 4.78 is 47.5. The summed E-state index contributed by atoms with van der Waals surface area (Å²) in [5, 5.41) is 19.0. The summed E-state index contributed by atoms with van der Waals surface area (Å²) >= 11 is 0. The molecule has 106 valence electrons. The summed E-state index contributed by atoms with van der Waals surface area (Å²) in [5.74, 6) is -3.24. The number of aliphatic hydroxyl groups excluding tert-OH is 1. The molecule has 0 aromatic carbocycles. The minimum atomic E-state index is -4.91. The lowest BCUT2D eigenvalue weighted by molar-refractivity contribution is -0.397. The van der Waals surface area contributed by atoms with E-state index in [2.05, 4.69) is 11.3 Å². The molecule has 0 aliphatic carbocycles. The number of halogens is 3. The van der Waals surface area contributed by atoms with Crippen LogP contribution >= 0.6 is 0 Å². The zero-order chi connectivity index (χ0) is 14.2. The molecule has 0 bridgehead atoms. The van der Waals surface area contributed by atoms with Crippen LogP contribution in [0.25, 0.3) is 0 Å². The molecule has 7 heteroatoms. The molecule has 0 amide bonds. The Kier molecular flexibility index (Phi) is 4.12. The lowest BCUT2D eigenvalue weighted by Crippen LogP contribution is -2.57. The van der Waals surface area contributed by atoms with Crippen molar-refractivity contribution in [3.8, 4) is 0 Å². The van der Waals surface area contributed by atoms with E-state index in [4.69, 9.17) is 4.74 Å². The van der Waals surface area contributed by atoms with Gasteiger partial charge in [-0.2, -0.15) is 13.2 Å². The summed E-state index contributed by atoms with van der Waals surface area (Å²) in [4.78, 5) is 0. The quantitative estimate of drug-likeness (QED) is 0.605. The number of rotatable bonds is 3. The van der Waals surface area contributed by atoms with Crippen molar-refractivity contribution in [1.82, 2.24) is 0 Å². The van der Waals surface area contributed by atoms with Gasteiger partial charge >= 0.3 is 6.18 Å². The third kappa shape index (κ3) is 3.23. The molecule has 1 rings (SSSR count). The topological polar surface area (TPSA) is 58.9 Å². The smallest absolute Gasteiger partial charge is 0.364 e. The molecule has 1 aliphatic heterocycles. The molecule has 1 heterocycles. The molecule has 0 aromatic rings. The highest BCUT2D eigenvalue weighted by atomic mass is 19.4. The second-order valence-corrected chi connectivity index (χ2v) is 4.82. The number of hydrogen-bond donors (Lipinski definition) is 2. The van der Waals surface area contributed by atoms with Gasteiger partial charge in [-0.3, -0.25) is 0 Å². The molecule has 0 aromatic heterocycles. The van der Waals surface area contributed by atoms with Crippen LogP contribution in [-0.4, -0.2) is 40.7 Å². The molecule has 0 spiro atoms. The van der Waals surface area contributed by atoms with Crippen molar-refractivity contribution in [1.29, 1.82) is 0 Å². The SMILES string of the molecule is C=C(C)C(O)OC1(C)CCOC(O)(C(F)(F)F)C1. The van der Waals surface area contributed by atoms with Gasteiger partial charge in [0.15, 0.2) is 6.29 Å². The molecule has 3 unspecified atom stereocenters. The summed E-state index contributed by atoms with van der Waals surface area (Å²) in [6, 6.07) is 0. The van der Waals surface area contributed by atoms with Gasteiger partial charge in [-0.25, -0.2) is 0 Å². The van der Waals surface area contributed by atoms with Crippen molar-refractivity contribution in [3.05, 3.63) is 12.2 Å². The first-order valence-electron chi connectivity index (χ1n) is 5.43. The maximum absolute atomic E-state index is 12.7. The molecule has 4 nitrogen and oxygen atoms in total. The summed E-state index contributed by atoms with van der Waals surface area (Å²) in [7, 11) is 0. The van der Waals surface area contributed by atoms with Gasteiger partial charge in [0.05, 0.1) is 12.2 Å². The van der Waals surface area contributed by atoms with E-state index >= 15 is 0 Å². The number of alkyl halides is 3. The highest BCUT2D eigenvalue weighted by molar-refractivity contribution is 4.97. The van der Waals surface area contributed by atoms with Crippen molar-refractivity contribution in [2.24, 2.45) is 0 Å². The minimum Gasteiger partial charge on any atom is -0.364 e. The van der Waals surface area contributed by atoms with Crippen LogP contribution in [-0.2, 0) is 9.47 Å². The summed E-state index contributed by atoms with van der Waals surface area (Å²) in [6.07, 6.45) is -6.94. The van der Waals surface area contributed by atoms with Crippen LogP contribution in [0.3, 0.4) is 0 Å². The van der Waals surface area contributed by atoms with E-state index in [1.807, 2.05) is 0 Å². The zero-order valence-electron chi connectivity index (χ0n) is 10.3. The molecule has 2 N–H and O–H groups in total. The first-order chi connectivity index (χ1) is 7.99. The monoisotopic (exact) mass is 270 g/mol. The normalized spacial score (nSPS) is 35.3. The van der Waals surface area contributed by atoms with Crippen LogP contribution in [0.2, 0.25) is 0 Å². The van der Waals surface area contributed by atoms with Gasteiger partial charge in [0.25, 0.3) is 5.79 Å². The maximum atomic E-state index is 12.7. The Bertz CT molecular complexity index is 331. The van der Waals surface area contributed by atoms with E-state index in [1.165, 1.54) is 13.8 Å². The van der Waals surface area contributed by atoms with Crippen molar-refractivity contribution in [3.63, 3.8) is 0 Å². The van der Waals surface area contributed by atoms with Crippen LogP contribution < -0.4 is 0 Å². The number of ether oxygens (including phenoxy) is 2. The average Bonchev–Trinajstić information content (AvgIpc) is 2.14. The Morgan fingerprint density at radius 3 is 2.50 bits per heavy atom. The fourth-order valence-electron chi connectivity index (χ4n) is 1.73. The van der Waals surface area contributed by atoms with E-state index in [0.29, 0.717) is 0 Å². The molecular weight excluding hydrogens is 253 g/mol. The van der Waals surface area contributed by atoms with Crippen LogP contribution in [0.5, 0.6) is 0 Å². The van der Waals surface area contributed by atoms with E-state index in [9.17, 15) is 23.4 Å². The van der Waals surface area contributed by atoms with E-state index in [-0.39, 0.29) is 18.6 Å². The Balaban J connectivity index is 2.82. The van der Waals surface area contributed by atoms with Gasteiger partial charge in [-0.1, -0.05) is 6.58 Å². The second kappa shape index (κ2) is 4.80. The van der Waals surface area contributed by atoms with Crippen LogP contribution in [0, 0.1) is 0 Å². The summed E-state index contributed by atoms with van der Waals surface area (Å²) in [6.45, 7) is 6.01. The third-order valence-corrected chi connectivity index (χ3v) is 2.85. The van der Waals surface area contributed by atoms with Crippen molar-refractivity contribution in [2.45, 2.75) is 50.5 Å². The molecule has 0 radical (unpaired) electrons. The average molecular weight is 270 g/mol. The van der Waals surface area contributed by atoms with Crippen molar-refractivity contribution < 1.29 is 32.9 Å². The van der Waals surface area contributed by atoms with E-state index in [0.717, 1.165) is 0 Å². The highest BCUT2D eigenvalue weighted by Crippen LogP contribution is 2.43. The van der Waals surface area contributed by atoms with Crippen LogP contribution in [0.4, 0.5) is 13.2 Å². The molecule has 18 heavy (non-hydrogen) atoms. The van der Waals surface area contributed by atoms with Gasteiger partial charge in [0, 0.05) is 6.42 Å². The number of hydrogen-bond acceptors (Lipinski definition) is 4. The van der Waals surface area contributed by atoms with Gasteiger partial charge in [0.1, 0.15) is 0 Å². The Labute approximate surface area is 103 Å².